The summed E-state index contributed by atoms with van der Waals surface area (Å²) in [4.78, 5) is 17.2. The molecule has 1 amide bonds. The number of morpholine rings is 1. The lowest BCUT2D eigenvalue weighted by molar-refractivity contribution is -0.0404. The van der Waals surface area contributed by atoms with Gasteiger partial charge in [-0.2, -0.15) is 0 Å². The van der Waals surface area contributed by atoms with Crippen LogP contribution in [0.15, 0.2) is 6.20 Å². The fraction of sp³-hybridized carbons (Fsp3) is 0.850. The summed E-state index contributed by atoms with van der Waals surface area (Å²) >= 11 is 0. The first-order chi connectivity index (χ1) is 13.3. The Hall–Kier alpha value is -1.47. The van der Waals surface area contributed by atoms with Crippen LogP contribution in [0.4, 0.5) is 0 Å². The van der Waals surface area contributed by atoms with Crippen LogP contribution in [0.1, 0.15) is 67.9 Å². The summed E-state index contributed by atoms with van der Waals surface area (Å²) in [7, 11) is 0. The van der Waals surface area contributed by atoms with Gasteiger partial charge >= 0.3 is 0 Å². The fourth-order valence-corrected chi connectivity index (χ4v) is 5.74. The summed E-state index contributed by atoms with van der Waals surface area (Å²) < 4.78 is 7.34. The van der Waals surface area contributed by atoms with Crippen molar-refractivity contribution in [3.63, 3.8) is 0 Å². The SMILES string of the molecule is O=C(c1cn(C2CCC23CCN(C2CCCC2)CC3)nn1)N1CCOCC1. The molecule has 0 radical (unpaired) electrons. The van der Waals surface area contributed by atoms with Gasteiger partial charge in [-0.05, 0) is 57.0 Å². The summed E-state index contributed by atoms with van der Waals surface area (Å²) in [6.07, 6.45) is 12.5. The van der Waals surface area contributed by atoms with Crippen LogP contribution >= 0.6 is 0 Å². The Morgan fingerprint density at radius 2 is 1.78 bits per heavy atom. The standard InChI is InChI=1S/C20H31N5O2/c26-19(24-11-13-27-14-12-24)17-15-25(22-21-17)18-5-6-20(18)7-9-23(10-8-20)16-3-1-2-4-16/h15-16,18H,1-14H2. The topological polar surface area (TPSA) is 63.5 Å². The number of aromatic nitrogens is 3. The van der Waals surface area contributed by atoms with Gasteiger partial charge in [0.25, 0.3) is 5.91 Å². The van der Waals surface area contributed by atoms with E-state index < -0.39 is 0 Å². The summed E-state index contributed by atoms with van der Waals surface area (Å²) in [5, 5.41) is 8.60. The van der Waals surface area contributed by atoms with Crippen LogP contribution in [0.5, 0.6) is 0 Å². The molecule has 2 aliphatic carbocycles. The molecule has 3 heterocycles. The summed E-state index contributed by atoms with van der Waals surface area (Å²) in [6.45, 7) is 4.99. The third-order valence-electron chi connectivity index (χ3n) is 7.60. The lowest BCUT2D eigenvalue weighted by atomic mass is 9.59. The smallest absolute Gasteiger partial charge is 0.276 e. The Morgan fingerprint density at radius 1 is 1.04 bits per heavy atom. The van der Waals surface area contributed by atoms with Gasteiger partial charge in [0.05, 0.1) is 25.5 Å². The van der Waals surface area contributed by atoms with E-state index in [1.54, 1.807) is 0 Å². The van der Waals surface area contributed by atoms with Crippen LogP contribution in [0, 0.1) is 5.41 Å². The molecule has 4 aliphatic rings. The minimum atomic E-state index is -0.00558. The first kappa shape index (κ1) is 17.6. The van der Waals surface area contributed by atoms with E-state index in [0.717, 1.165) is 12.5 Å². The van der Waals surface area contributed by atoms with Crippen molar-refractivity contribution < 1.29 is 9.53 Å². The maximum Gasteiger partial charge on any atom is 0.276 e. The number of carbonyl (C=O) groups excluding carboxylic acids is 1. The Balaban J connectivity index is 1.23. The minimum Gasteiger partial charge on any atom is -0.378 e. The van der Waals surface area contributed by atoms with Crippen LogP contribution in [0.3, 0.4) is 0 Å². The van der Waals surface area contributed by atoms with Gasteiger partial charge in [0, 0.05) is 19.1 Å². The van der Waals surface area contributed by atoms with Crippen LogP contribution in [0.25, 0.3) is 0 Å². The number of ether oxygens (including phenoxy) is 1. The molecule has 5 rings (SSSR count). The Morgan fingerprint density at radius 3 is 2.44 bits per heavy atom. The first-order valence-electron chi connectivity index (χ1n) is 10.8. The highest BCUT2D eigenvalue weighted by atomic mass is 16.5. The number of likely N-dealkylation sites (tertiary alicyclic amines) is 1. The van der Waals surface area contributed by atoms with E-state index in [4.69, 9.17) is 4.74 Å². The average molecular weight is 374 g/mol. The van der Waals surface area contributed by atoms with Gasteiger partial charge in [-0.15, -0.1) is 5.10 Å². The molecule has 1 aromatic rings. The van der Waals surface area contributed by atoms with Crippen molar-refractivity contribution in [2.45, 2.75) is 63.5 Å². The predicted molar refractivity (Wildman–Crippen MR) is 101 cm³/mol. The highest BCUT2D eigenvalue weighted by Crippen LogP contribution is 2.56. The molecule has 0 aromatic carbocycles. The molecule has 148 valence electrons. The molecule has 1 aromatic heterocycles. The van der Waals surface area contributed by atoms with Crippen molar-refractivity contribution in [2.24, 2.45) is 5.41 Å². The maximum absolute atomic E-state index is 12.6. The number of carbonyl (C=O) groups is 1. The van der Waals surface area contributed by atoms with E-state index >= 15 is 0 Å². The second kappa shape index (κ2) is 7.17. The Kier molecular flexibility index (Phi) is 4.68. The molecule has 27 heavy (non-hydrogen) atoms. The lowest BCUT2D eigenvalue weighted by Crippen LogP contribution is -2.51. The zero-order valence-electron chi connectivity index (χ0n) is 16.2. The highest BCUT2D eigenvalue weighted by Gasteiger charge is 2.50. The molecule has 4 fully saturated rings. The quantitative estimate of drug-likeness (QED) is 0.812. The number of piperidine rings is 1. The number of hydrogen-bond donors (Lipinski definition) is 0. The summed E-state index contributed by atoms with van der Waals surface area (Å²) in [6, 6.07) is 1.26. The number of hydrogen-bond acceptors (Lipinski definition) is 5. The van der Waals surface area contributed by atoms with E-state index in [9.17, 15) is 4.79 Å². The third kappa shape index (κ3) is 3.18. The third-order valence-corrected chi connectivity index (χ3v) is 7.60. The minimum absolute atomic E-state index is 0.00558. The molecule has 2 saturated carbocycles. The van der Waals surface area contributed by atoms with E-state index in [1.165, 1.54) is 58.0 Å². The zero-order chi connectivity index (χ0) is 18.3. The van der Waals surface area contributed by atoms with Crippen molar-refractivity contribution in [1.29, 1.82) is 0 Å². The molecule has 7 nitrogen and oxygen atoms in total. The van der Waals surface area contributed by atoms with Gasteiger partial charge < -0.3 is 14.5 Å². The van der Waals surface area contributed by atoms with Crippen molar-refractivity contribution >= 4 is 5.91 Å². The monoisotopic (exact) mass is 373 g/mol. The van der Waals surface area contributed by atoms with Crippen molar-refractivity contribution in [1.82, 2.24) is 24.8 Å². The van der Waals surface area contributed by atoms with E-state index in [0.29, 0.717) is 43.5 Å². The van der Waals surface area contributed by atoms with E-state index in [1.807, 2.05) is 15.8 Å². The fourth-order valence-electron chi connectivity index (χ4n) is 5.74. The number of nitrogens with zero attached hydrogens (tertiary/aromatic N) is 5. The number of rotatable bonds is 3. The summed E-state index contributed by atoms with van der Waals surface area (Å²) in [5.74, 6) is -0.00558. The second-order valence-corrected chi connectivity index (χ2v) is 8.88. The van der Waals surface area contributed by atoms with Gasteiger partial charge in [-0.25, -0.2) is 4.68 Å². The highest BCUT2D eigenvalue weighted by molar-refractivity contribution is 5.92. The van der Waals surface area contributed by atoms with Gasteiger partial charge in [0.1, 0.15) is 0 Å². The Labute approximate surface area is 161 Å². The molecule has 2 saturated heterocycles. The summed E-state index contributed by atoms with van der Waals surface area (Å²) in [5.41, 5.74) is 0.865. The first-order valence-corrected chi connectivity index (χ1v) is 10.8. The van der Waals surface area contributed by atoms with Gasteiger partial charge in [-0.3, -0.25) is 4.79 Å². The molecule has 2 aliphatic heterocycles. The van der Waals surface area contributed by atoms with E-state index in [2.05, 4.69) is 15.2 Å². The second-order valence-electron chi connectivity index (χ2n) is 8.88. The molecular weight excluding hydrogens is 342 g/mol. The van der Waals surface area contributed by atoms with Crippen LogP contribution in [0.2, 0.25) is 0 Å². The van der Waals surface area contributed by atoms with Gasteiger partial charge in [0.15, 0.2) is 5.69 Å². The molecular formula is C20H31N5O2. The maximum atomic E-state index is 12.6. The average Bonchev–Trinajstić information content (AvgIpc) is 3.40. The zero-order valence-corrected chi connectivity index (χ0v) is 16.2. The Bertz CT molecular complexity index is 670. The normalized spacial score (nSPS) is 29.2. The van der Waals surface area contributed by atoms with Crippen molar-refractivity contribution in [3.05, 3.63) is 11.9 Å². The van der Waals surface area contributed by atoms with Crippen LogP contribution in [-0.2, 0) is 4.74 Å². The lowest BCUT2D eigenvalue weighted by Gasteiger charge is -2.54. The molecule has 0 bridgehead atoms. The largest absolute Gasteiger partial charge is 0.378 e. The van der Waals surface area contributed by atoms with E-state index in [-0.39, 0.29) is 5.91 Å². The molecule has 1 unspecified atom stereocenters. The van der Waals surface area contributed by atoms with Crippen LogP contribution < -0.4 is 0 Å². The molecule has 0 N–H and O–H groups in total. The van der Waals surface area contributed by atoms with Crippen molar-refractivity contribution in [2.75, 3.05) is 39.4 Å². The molecule has 1 spiro atoms. The predicted octanol–water partition coefficient (Wildman–Crippen LogP) is 2.11. The van der Waals surface area contributed by atoms with Gasteiger partial charge in [0.2, 0.25) is 0 Å². The van der Waals surface area contributed by atoms with Crippen LogP contribution in [-0.4, -0.2) is 76.1 Å². The molecule has 1 atom stereocenters. The molecule has 7 heteroatoms. The number of amides is 1. The van der Waals surface area contributed by atoms with Gasteiger partial charge in [-0.1, -0.05) is 18.1 Å². The van der Waals surface area contributed by atoms with Crippen molar-refractivity contribution in [3.8, 4) is 0 Å².